The predicted octanol–water partition coefficient (Wildman–Crippen LogP) is 6.94. The van der Waals surface area contributed by atoms with E-state index in [4.69, 9.17) is 0 Å². The highest BCUT2D eigenvalue weighted by atomic mass is 19.4. The summed E-state index contributed by atoms with van der Waals surface area (Å²) in [4.78, 5) is 28.9. The van der Waals surface area contributed by atoms with Gasteiger partial charge >= 0.3 is 12.1 Å². The molecule has 0 spiro atoms. The van der Waals surface area contributed by atoms with Crippen LogP contribution in [-0.2, 0) is 16.4 Å². The highest BCUT2D eigenvalue weighted by Gasteiger charge is 2.73. The van der Waals surface area contributed by atoms with Crippen LogP contribution in [0.2, 0.25) is 0 Å². The zero-order valence-corrected chi connectivity index (χ0v) is 23.1. The lowest BCUT2D eigenvalue weighted by Gasteiger charge is -2.65. The van der Waals surface area contributed by atoms with Crippen LogP contribution in [0, 0.1) is 10.8 Å². The van der Waals surface area contributed by atoms with E-state index in [-0.39, 0.29) is 36.4 Å². The maximum atomic E-state index is 14.5. The molecule has 2 heterocycles. The van der Waals surface area contributed by atoms with Gasteiger partial charge in [0.15, 0.2) is 5.82 Å². The normalized spacial score (nSPS) is 33.1. The molecule has 7 nitrogen and oxygen atoms in total. The first-order valence-electron chi connectivity index (χ1n) is 14.8. The van der Waals surface area contributed by atoms with Gasteiger partial charge in [0, 0.05) is 41.5 Å². The van der Waals surface area contributed by atoms with Crippen LogP contribution >= 0.6 is 0 Å². The van der Waals surface area contributed by atoms with E-state index in [1.807, 2.05) is 41.6 Å². The van der Waals surface area contributed by atoms with Crippen molar-refractivity contribution in [3.05, 3.63) is 54.2 Å². The van der Waals surface area contributed by atoms with Crippen molar-refractivity contribution in [2.24, 2.45) is 10.8 Å². The number of alkyl halides is 4. The Kier molecular flexibility index (Phi) is 5.38. The smallest absolute Gasteiger partial charge is 0.329 e. The average Bonchev–Trinajstić information content (AvgIpc) is 3.68. The van der Waals surface area contributed by atoms with Gasteiger partial charge in [0.05, 0.1) is 5.41 Å². The molecule has 220 valence electrons. The molecular formula is C31H31F4N5O2. The monoisotopic (exact) mass is 581 g/mol. The molecule has 0 radical (unpaired) electrons. The third-order valence-corrected chi connectivity index (χ3v) is 10.8. The fourth-order valence-corrected chi connectivity index (χ4v) is 8.08. The maximum Gasteiger partial charge on any atom is 0.471 e. The lowest BCUT2D eigenvalue weighted by molar-refractivity contribution is -0.211. The third-order valence-electron chi connectivity index (χ3n) is 10.8. The number of aromatic nitrogens is 4. The number of amides is 1. The van der Waals surface area contributed by atoms with E-state index in [0.29, 0.717) is 31.7 Å². The highest BCUT2D eigenvalue weighted by molar-refractivity contribution is 6.00. The zero-order valence-electron chi connectivity index (χ0n) is 23.1. The molecule has 0 aliphatic heterocycles. The summed E-state index contributed by atoms with van der Waals surface area (Å²) < 4.78 is 58.5. The molecular weight excluding hydrogens is 550 g/mol. The van der Waals surface area contributed by atoms with E-state index < -0.39 is 28.6 Å². The summed E-state index contributed by atoms with van der Waals surface area (Å²) in [6.07, 6.45) is 6.21. The SMILES string of the molecule is O=C(N(CC12CCC(c3noc(C(F)(F)F)n3)(CC1)CC2)c1cccc(-c2cnc(C3CC3)nc2)c1)C12CC(F)(C1)C2. The van der Waals surface area contributed by atoms with E-state index >= 15 is 0 Å². The zero-order chi connectivity index (χ0) is 29.0. The quantitative estimate of drug-likeness (QED) is 0.281. The molecule has 7 fully saturated rings. The van der Waals surface area contributed by atoms with Gasteiger partial charge in [0.2, 0.25) is 5.91 Å². The molecule has 4 bridgehead atoms. The lowest BCUT2D eigenvalue weighted by atomic mass is 9.41. The molecule has 0 saturated heterocycles. The number of carbonyl (C=O) groups excluding carboxylic acids is 1. The Balaban J connectivity index is 1.06. The number of carbonyl (C=O) groups is 1. The molecule has 42 heavy (non-hydrogen) atoms. The van der Waals surface area contributed by atoms with E-state index in [9.17, 15) is 22.4 Å². The van der Waals surface area contributed by atoms with Crippen LogP contribution in [0.4, 0.5) is 23.2 Å². The van der Waals surface area contributed by atoms with Crippen LogP contribution in [0.3, 0.4) is 0 Å². The van der Waals surface area contributed by atoms with Gasteiger partial charge in [-0.1, -0.05) is 17.3 Å². The predicted molar refractivity (Wildman–Crippen MR) is 143 cm³/mol. The first kappa shape index (κ1) is 26.3. The van der Waals surface area contributed by atoms with E-state index in [0.717, 1.165) is 54.7 Å². The van der Waals surface area contributed by atoms with Crippen molar-refractivity contribution in [1.82, 2.24) is 20.1 Å². The minimum atomic E-state index is -4.67. The van der Waals surface area contributed by atoms with Gasteiger partial charge in [-0.25, -0.2) is 14.4 Å². The van der Waals surface area contributed by atoms with Crippen LogP contribution < -0.4 is 4.90 Å². The van der Waals surface area contributed by atoms with Crippen molar-refractivity contribution in [1.29, 1.82) is 0 Å². The molecule has 1 amide bonds. The van der Waals surface area contributed by atoms with Crippen molar-refractivity contribution in [3.63, 3.8) is 0 Å². The highest BCUT2D eigenvalue weighted by Crippen LogP contribution is 2.70. The minimum Gasteiger partial charge on any atom is -0.329 e. The number of halogens is 4. The second kappa shape index (κ2) is 8.60. The molecule has 2 aromatic heterocycles. The molecule has 7 saturated carbocycles. The van der Waals surface area contributed by atoms with Gasteiger partial charge in [-0.3, -0.25) is 4.79 Å². The number of hydrogen-bond donors (Lipinski definition) is 0. The maximum absolute atomic E-state index is 14.5. The number of fused-ring (bicyclic) bond motifs is 3. The Morgan fingerprint density at radius 1 is 0.976 bits per heavy atom. The van der Waals surface area contributed by atoms with Crippen molar-refractivity contribution in [2.75, 3.05) is 11.4 Å². The van der Waals surface area contributed by atoms with Gasteiger partial charge in [-0.15, -0.1) is 0 Å². The average molecular weight is 582 g/mol. The first-order valence-corrected chi connectivity index (χ1v) is 14.8. The molecule has 0 unspecified atom stereocenters. The number of rotatable bonds is 7. The third kappa shape index (κ3) is 4.09. The molecule has 7 aliphatic carbocycles. The van der Waals surface area contributed by atoms with Crippen LogP contribution in [0.5, 0.6) is 0 Å². The Labute approximate surface area is 240 Å². The summed E-state index contributed by atoms with van der Waals surface area (Å²) in [5, 5.41) is 3.74. The molecule has 0 atom stereocenters. The number of anilines is 1. The van der Waals surface area contributed by atoms with Crippen LogP contribution in [0.25, 0.3) is 11.1 Å². The first-order chi connectivity index (χ1) is 20.0. The fourth-order valence-electron chi connectivity index (χ4n) is 8.08. The minimum absolute atomic E-state index is 0.0238. The summed E-state index contributed by atoms with van der Waals surface area (Å²) >= 11 is 0. The van der Waals surface area contributed by atoms with Crippen LogP contribution in [0.1, 0.15) is 94.1 Å². The molecule has 7 aliphatic rings. The second-order valence-electron chi connectivity index (χ2n) is 13.7. The number of nitrogens with zero attached hydrogens (tertiary/aromatic N) is 5. The number of benzene rings is 1. The van der Waals surface area contributed by atoms with E-state index in [1.165, 1.54) is 0 Å². The molecule has 0 N–H and O–H groups in total. The van der Waals surface area contributed by atoms with Crippen molar-refractivity contribution >= 4 is 11.6 Å². The van der Waals surface area contributed by atoms with E-state index in [1.54, 1.807) is 0 Å². The van der Waals surface area contributed by atoms with Crippen LogP contribution in [0.15, 0.2) is 41.2 Å². The summed E-state index contributed by atoms with van der Waals surface area (Å²) in [5.41, 5.74) is -0.00166. The summed E-state index contributed by atoms with van der Waals surface area (Å²) in [6.45, 7) is 0.490. The fraction of sp³-hybridized carbons (Fsp3) is 0.581. The molecule has 10 rings (SSSR count). The molecule has 1 aromatic carbocycles. The van der Waals surface area contributed by atoms with Crippen molar-refractivity contribution in [2.45, 2.75) is 93.8 Å². The molecule has 3 aromatic rings. The Morgan fingerprint density at radius 2 is 1.64 bits per heavy atom. The Bertz CT molecular complexity index is 1520. The van der Waals surface area contributed by atoms with Gasteiger partial charge in [-0.2, -0.15) is 18.2 Å². The van der Waals surface area contributed by atoms with Gasteiger partial charge in [-0.05, 0) is 93.7 Å². The van der Waals surface area contributed by atoms with Crippen molar-refractivity contribution < 1.29 is 26.9 Å². The lowest BCUT2D eigenvalue weighted by Crippen LogP contribution is -2.71. The Hall–Kier alpha value is -3.37. The second-order valence-corrected chi connectivity index (χ2v) is 13.7. The van der Waals surface area contributed by atoms with Gasteiger partial charge < -0.3 is 9.42 Å². The largest absolute Gasteiger partial charge is 0.471 e. The standard InChI is InChI=1S/C31H31F4N5O2/c32-30-15-29(16-30,17-30)26(41)40(22-3-1-2-20(12-22)21-13-36-23(37-14-21)19-4-5-19)18-27-6-9-28(10-7-27,11-8-27)24-38-25(42-39-24)31(33,34)35/h1-3,12-14,19H,4-11,15-18H2. The van der Waals surface area contributed by atoms with Crippen LogP contribution in [-0.4, -0.2) is 38.2 Å². The Morgan fingerprint density at radius 3 is 2.21 bits per heavy atom. The summed E-state index contributed by atoms with van der Waals surface area (Å²) in [6, 6.07) is 7.83. The van der Waals surface area contributed by atoms with Crippen molar-refractivity contribution in [3.8, 4) is 11.1 Å². The summed E-state index contributed by atoms with van der Waals surface area (Å²) in [5.74, 6) is 0.143. The molecule has 11 heteroatoms. The van der Waals surface area contributed by atoms with Gasteiger partial charge in [0.25, 0.3) is 0 Å². The topological polar surface area (TPSA) is 85.0 Å². The van der Waals surface area contributed by atoms with Gasteiger partial charge in [0.1, 0.15) is 11.5 Å². The number of hydrogen-bond acceptors (Lipinski definition) is 6. The van der Waals surface area contributed by atoms with E-state index in [2.05, 4.69) is 24.6 Å². The summed E-state index contributed by atoms with van der Waals surface area (Å²) in [7, 11) is 0.